The number of anilines is 2. The van der Waals surface area contributed by atoms with Crippen molar-refractivity contribution in [3.63, 3.8) is 0 Å². The lowest BCUT2D eigenvalue weighted by Crippen LogP contribution is -2.22. The molecule has 0 heterocycles. The van der Waals surface area contributed by atoms with Crippen LogP contribution < -0.4 is 14.8 Å². The number of benzene rings is 3. The van der Waals surface area contributed by atoms with E-state index in [1.165, 1.54) is 31.4 Å². The van der Waals surface area contributed by atoms with Gasteiger partial charge >= 0.3 is 0 Å². The molecule has 0 aromatic heterocycles. The summed E-state index contributed by atoms with van der Waals surface area (Å²) < 4.78 is 33.2. The Hall–Kier alpha value is -3.36. The van der Waals surface area contributed by atoms with Crippen LogP contribution in [0.1, 0.15) is 29.8 Å². The second kappa shape index (κ2) is 11.0. The lowest BCUT2D eigenvalue weighted by molar-refractivity contribution is 0.102. The van der Waals surface area contributed by atoms with E-state index in [1.54, 1.807) is 24.3 Å². The first-order valence-electron chi connectivity index (χ1n) is 10.7. The number of ether oxygens (including phenoxy) is 1. The zero-order valence-corrected chi connectivity index (χ0v) is 19.9. The van der Waals surface area contributed by atoms with E-state index in [-0.39, 0.29) is 10.8 Å². The molecule has 8 heteroatoms. The molecule has 0 aliphatic carbocycles. The van der Waals surface area contributed by atoms with Crippen LogP contribution in [0.5, 0.6) is 5.75 Å². The van der Waals surface area contributed by atoms with Crippen LogP contribution in [0.25, 0.3) is 0 Å². The summed E-state index contributed by atoms with van der Waals surface area (Å²) in [7, 11) is -2.36. The number of carbonyl (C=O) groups excluding carboxylic acids is 1. The molecule has 0 atom stereocenters. The molecule has 0 saturated carbocycles. The molecule has 0 spiro atoms. The lowest BCUT2D eigenvalue weighted by atomic mass is 10.1. The second-order valence-electron chi connectivity index (χ2n) is 7.45. The lowest BCUT2D eigenvalue weighted by Gasteiger charge is -2.18. The molecular weight excluding hydrogens is 438 g/mol. The predicted molar refractivity (Wildman–Crippen MR) is 131 cm³/mol. The minimum atomic E-state index is -3.84. The van der Waals surface area contributed by atoms with Crippen molar-refractivity contribution >= 4 is 27.3 Å². The molecule has 2 N–H and O–H groups in total. The molecule has 3 aromatic rings. The van der Waals surface area contributed by atoms with Crippen LogP contribution in [0.3, 0.4) is 0 Å². The van der Waals surface area contributed by atoms with Crippen LogP contribution in [0.2, 0.25) is 0 Å². The third kappa shape index (κ3) is 6.34. The fourth-order valence-corrected chi connectivity index (χ4v) is 4.44. The molecule has 0 fully saturated rings. The van der Waals surface area contributed by atoms with Crippen LogP contribution in [-0.4, -0.2) is 39.4 Å². The fourth-order valence-electron chi connectivity index (χ4n) is 3.37. The molecule has 7 nitrogen and oxygen atoms in total. The Labute approximate surface area is 195 Å². The van der Waals surface area contributed by atoms with Gasteiger partial charge in [-0.05, 0) is 67.2 Å². The average molecular weight is 468 g/mol. The first-order chi connectivity index (χ1) is 15.9. The molecule has 0 saturated heterocycles. The Bertz CT molecular complexity index is 1190. The monoisotopic (exact) mass is 467 g/mol. The standard InChI is InChI=1S/C25H29N3O4S/c1-4-28(5-2)18-19-9-8-10-21(17-19)26-25(29)20-13-15-22(16-14-20)33(30,31)27-23-11-6-7-12-24(23)32-3/h6-17,27H,4-5,18H2,1-3H3,(H,26,29). The van der Waals surface area contributed by atoms with Gasteiger partial charge in [-0.25, -0.2) is 8.42 Å². The predicted octanol–water partition coefficient (Wildman–Crippen LogP) is 4.59. The maximum atomic E-state index is 12.7. The Kier molecular flexibility index (Phi) is 8.08. The van der Waals surface area contributed by atoms with E-state index in [0.29, 0.717) is 22.7 Å². The average Bonchev–Trinajstić information content (AvgIpc) is 2.83. The van der Waals surface area contributed by atoms with Crippen LogP contribution in [0.15, 0.2) is 77.7 Å². The maximum absolute atomic E-state index is 12.7. The number of rotatable bonds is 10. The van der Waals surface area contributed by atoms with E-state index in [4.69, 9.17) is 4.74 Å². The number of para-hydroxylation sites is 2. The molecule has 0 unspecified atom stereocenters. The van der Waals surface area contributed by atoms with Gasteiger partial charge in [0.2, 0.25) is 0 Å². The summed E-state index contributed by atoms with van der Waals surface area (Å²) in [6.45, 7) is 6.95. The summed E-state index contributed by atoms with van der Waals surface area (Å²) in [6, 6.07) is 20.3. The molecule has 3 aromatic carbocycles. The Morgan fingerprint density at radius 1 is 0.939 bits per heavy atom. The Morgan fingerprint density at radius 2 is 1.64 bits per heavy atom. The van der Waals surface area contributed by atoms with Gasteiger partial charge in [0, 0.05) is 17.8 Å². The number of sulfonamides is 1. The number of nitrogens with one attached hydrogen (secondary N) is 2. The molecule has 3 rings (SSSR count). The smallest absolute Gasteiger partial charge is 0.262 e. The van der Waals surface area contributed by atoms with Crippen LogP contribution in [0, 0.1) is 0 Å². The maximum Gasteiger partial charge on any atom is 0.262 e. The SMILES string of the molecule is CCN(CC)Cc1cccc(NC(=O)c2ccc(S(=O)(=O)Nc3ccccc3OC)cc2)c1. The largest absolute Gasteiger partial charge is 0.495 e. The quantitative estimate of drug-likeness (QED) is 0.455. The minimum absolute atomic E-state index is 0.0474. The van der Waals surface area contributed by atoms with E-state index in [9.17, 15) is 13.2 Å². The van der Waals surface area contributed by atoms with Gasteiger partial charge in [0.1, 0.15) is 5.75 Å². The number of methoxy groups -OCH3 is 1. The normalized spacial score (nSPS) is 11.3. The van der Waals surface area contributed by atoms with Gasteiger partial charge in [0.05, 0.1) is 17.7 Å². The van der Waals surface area contributed by atoms with E-state index in [1.807, 2.05) is 24.3 Å². The molecule has 174 valence electrons. The molecule has 0 aliphatic rings. The summed E-state index contributed by atoms with van der Waals surface area (Å²) in [6.07, 6.45) is 0. The van der Waals surface area contributed by atoms with Gasteiger partial charge < -0.3 is 10.1 Å². The van der Waals surface area contributed by atoms with E-state index in [0.717, 1.165) is 25.2 Å². The van der Waals surface area contributed by atoms with Gasteiger partial charge in [-0.3, -0.25) is 14.4 Å². The second-order valence-corrected chi connectivity index (χ2v) is 9.13. The number of hydrogen-bond acceptors (Lipinski definition) is 5. The van der Waals surface area contributed by atoms with Crippen molar-refractivity contribution in [3.8, 4) is 5.75 Å². The Morgan fingerprint density at radius 3 is 2.30 bits per heavy atom. The third-order valence-corrected chi connectivity index (χ3v) is 6.64. The van der Waals surface area contributed by atoms with Crippen molar-refractivity contribution in [2.24, 2.45) is 0 Å². The van der Waals surface area contributed by atoms with Gasteiger partial charge in [-0.2, -0.15) is 0 Å². The molecule has 0 radical (unpaired) electrons. The van der Waals surface area contributed by atoms with E-state index in [2.05, 4.69) is 28.8 Å². The van der Waals surface area contributed by atoms with Crippen molar-refractivity contribution in [1.82, 2.24) is 4.90 Å². The summed E-state index contributed by atoms with van der Waals surface area (Å²) in [5.41, 5.74) is 2.51. The van der Waals surface area contributed by atoms with Crippen molar-refractivity contribution in [2.75, 3.05) is 30.2 Å². The highest BCUT2D eigenvalue weighted by Gasteiger charge is 2.17. The highest BCUT2D eigenvalue weighted by molar-refractivity contribution is 7.92. The topological polar surface area (TPSA) is 87.7 Å². The van der Waals surface area contributed by atoms with E-state index >= 15 is 0 Å². The van der Waals surface area contributed by atoms with E-state index < -0.39 is 10.0 Å². The highest BCUT2D eigenvalue weighted by atomic mass is 32.2. The number of carbonyl (C=O) groups is 1. The minimum Gasteiger partial charge on any atom is -0.495 e. The summed E-state index contributed by atoms with van der Waals surface area (Å²) >= 11 is 0. The first kappa shape index (κ1) is 24.3. The highest BCUT2D eigenvalue weighted by Crippen LogP contribution is 2.26. The summed E-state index contributed by atoms with van der Waals surface area (Å²) in [4.78, 5) is 15.0. The van der Waals surface area contributed by atoms with Crippen molar-refractivity contribution in [2.45, 2.75) is 25.3 Å². The molecule has 0 aliphatic heterocycles. The molecule has 1 amide bonds. The molecule has 33 heavy (non-hydrogen) atoms. The summed E-state index contributed by atoms with van der Waals surface area (Å²) in [5, 5.41) is 2.88. The van der Waals surface area contributed by atoms with Crippen molar-refractivity contribution in [1.29, 1.82) is 0 Å². The third-order valence-electron chi connectivity index (χ3n) is 5.26. The fraction of sp³-hybridized carbons (Fsp3) is 0.240. The van der Waals surface area contributed by atoms with Crippen molar-refractivity contribution < 1.29 is 17.9 Å². The van der Waals surface area contributed by atoms with Gasteiger partial charge in [-0.1, -0.05) is 38.1 Å². The number of amides is 1. The zero-order chi connectivity index (χ0) is 23.8. The van der Waals surface area contributed by atoms with Gasteiger partial charge in [-0.15, -0.1) is 0 Å². The number of hydrogen-bond donors (Lipinski definition) is 2. The van der Waals surface area contributed by atoms with Gasteiger partial charge in [0.25, 0.3) is 15.9 Å². The van der Waals surface area contributed by atoms with Gasteiger partial charge in [0.15, 0.2) is 0 Å². The number of nitrogens with zero attached hydrogens (tertiary/aromatic N) is 1. The molecular formula is C25H29N3O4S. The summed E-state index contributed by atoms with van der Waals surface area (Å²) in [5.74, 6) is 0.108. The molecule has 0 bridgehead atoms. The Balaban J connectivity index is 1.70. The van der Waals surface area contributed by atoms with Crippen molar-refractivity contribution in [3.05, 3.63) is 83.9 Å². The van der Waals surface area contributed by atoms with Crippen LogP contribution >= 0.6 is 0 Å². The van der Waals surface area contributed by atoms with Crippen LogP contribution in [-0.2, 0) is 16.6 Å². The first-order valence-corrected chi connectivity index (χ1v) is 12.2. The zero-order valence-electron chi connectivity index (χ0n) is 19.0. The van der Waals surface area contributed by atoms with Crippen LogP contribution in [0.4, 0.5) is 11.4 Å².